The minimum atomic E-state index is -4.09. The Labute approximate surface area is 95.2 Å². The number of nitrogens with zero attached hydrogens (tertiary/aromatic N) is 1. The van der Waals surface area contributed by atoms with Gasteiger partial charge < -0.3 is 5.32 Å². The Hall–Kier alpha value is -0.290. The molecule has 0 heterocycles. The third-order valence-corrected chi connectivity index (χ3v) is 3.29. The van der Waals surface area contributed by atoms with E-state index in [1.165, 1.54) is 0 Å². The number of rotatable bonds is 6. The van der Waals surface area contributed by atoms with Gasteiger partial charge in [-0.2, -0.15) is 13.2 Å². The Morgan fingerprint density at radius 2 is 1.94 bits per heavy atom. The fourth-order valence-electron chi connectivity index (χ4n) is 2.24. The maximum atomic E-state index is 12.5. The van der Waals surface area contributed by atoms with Gasteiger partial charge in [0.15, 0.2) is 0 Å². The van der Waals surface area contributed by atoms with Gasteiger partial charge >= 0.3 is 6.18 Å². The van der Waals surface area contributed by atoms with E-state index in [0.717, 1.165) is 19.3 Å². The minimum Gasteiger partial charge on any atom is -0.315 e. The fraction of sp³-hybridized carbons (Fsp3) is 1.00. The number of halogens is 3. The highest BCUT2D eigenvalue weighted by atomic mass is 19.4. The largest absolute Gasteiger partial charge is 0.401 e. The normalized spacial score (nSPS) is 21.2. The molecule has 96 valence electrons. The van der Waals surface area contributed by atoms with Gasteiger partial charge in [-0.3, -0.25) is 4.90 Å². The topological polar surface area (TPSA) is 15.3 Å². The van der Waals surface area contributed by atoms with Gasteiger partial charge in [-0.05, 0) is 33.2 Å². The maximum absolute atomic E-state index is 12.5. The highest BCUT2D eigenvalue weighted by molar-refractivity contribution is 4.92. The van der Waals surface area contributed by atoms with Crippen molar-refractivity contribution in [3.8, 4) is 0 Å². The van der Waals surface area contributed by atoms with Crippen LogP contribution in [0.25, 0.3) is 0 Å². The van der Waals surface area contributed by atoms with Gasteiger partial charge in [-0.15, -0.1) is 0 Å². The van der Waals surface area contributed by atoms with Crippen molar-refractivity contribution in [1.29, 1.82) is 0 Å². The van der Waals surface area contributed by atoms with Gasteiger partial charge in [-0.25, -0.2) is 0 Å². The van der Waals surface area contributed by atoms with E-state index in [1.54, 1.807) is 4.90 Å². The lowest BCUT2D eigenvalue weighted by atomic mass is 10.1. The van der Waals surface area contributed by atoms with E-state index >= 15 is 0 Å². The first kappa shape index (κ1) is 13.8. The van der Waals surface area contributed by atoms with Crippen LogP contribution in [0.15, 0.2) is 0 Å². The van der Waals surface area contributed by atoms with Crippen molar-refractivity contribution in [3.05, 3.63) is 0 Å². The molecule has 0 spiro atoms. The van der Waals surface area contributed by atoms with E-state index in [4.69, 9.17) is 0 Å². The van der Waals surface area contributed by atoms with Crippen molar-refractivity contribution in [2.45, 2.75) is 57.4 Å². The molecule has 1 aliphatic carbocycles. The first-order valence-electron chi connectivity index (χ1n) is 5.88. The van der Waals surface area contributed by atoms with E-state index < -0.39 is 12.7 Å². The molecule has 1 fully saturated rings. The summed E-state index contributed by atoms with van der Waals surface area (Å²) in [7, 11) is 1.81. The van der Waals surface area contributed by atoms with Crippen molar-refractivity contribution >= 4 is 0 Å². The van der Waals surface area contributed by atoms with Crippen LogP contribution in [-0.2, 0) is 0 Å². The third kappa shape index (κ3) is 3.94. The predicted molar refractivity (Wildman–Crippen MR) is 58.4 cm³/mol. The van der Waals surface area contributed by atoms with E-state index in [0.29, 0.717) is 0 Å². The highest BCUT2D eigenvalue weighted by Crippen LogP contribution is 2.32. The summed E-state index contributed by atoms with van der Waals surface area (Å²) < 4.78 is 37.4. The second kappa shape index (κ2) is 5.36. The van der Waals surface area contributed by atoms with Gasteiger partial charge in [0.2, 0.25) is 0 Å². The molecule has 0 aromatic rings. The van der Waals surface area contributed by atoms with E-state index in [-0.39, 0.29) is 18.1 Å². The first-order chi connectivity index (χ1) is 7.39. The van der Waals surface area contributed by atoms with Crippen molar-refractivity contribution in [1.82, 2.24) is 10.2 Å². The van der Waals surface area contributed by atoms with Crippen LogP contribution in [0, 0.1) is 0 Å². The molecule has 0 aromatic carbocycles. The van der Waals surface area contributed by atoms with Crippen LogP contribution in [0.2, 0.25) is 0 Å². The number of hydrogen-bond donors (Lipinski definition) is 1. The van der Waals surface area contributed by atoms with E-state index in [9.17, 15) is 13.2 Å². The van der Waals surface area contributed by atoms with Crippen LogP contribution in [-0.4, -0.2) is 42.8 Å². The van der Waals surface area contributed by atoms with Crippen LogP contribution >= 0.6 is 0 Å². The van der Waals surface area contributed by atoms with Crippen molar-refractivity contribution in [2.24, 2.45) is 0 Å². The van der Waals surface area contributed by atoms with Crippen LogP contribution in [0.4, 0.5) is 13.2 Å². The highest BCUT2D eigenvalue weighted by Gasteiger charge is 2.41. The monoisotopic (exact) mass is 238 g/mol. The SMILES string of the molecule is CCC(NC)C(C)N(CC(F)(F)F)C1CC1. The number of likely N-dealkylation sites (N-methyl/N-ethyl adjacent to an activating group) is 1. The van der Waals surface area contributed by atoms with Crippen molar-refractivity contribution in [3.63, 3.8) is 0 Å². The summed E-state index contributed by atoms with van der Waals surface area (Å²) in [5, 5.41) is 3.09. The molecule has 5 heteroatoms. The molecule has 0 bridgehead atoms. The molecular formula is C11H21F3N2. The molecule has 2 atom stereocenters. The summed E-state index contributed by atoms with van der Waals surface area (Å²) in [5.41, 5.74) is 0. The van der Waals surface area contributed by atoms with Gasteiger partial charge in [0.1, 0.15) is 0 Å². The minimum absolute atomic E-state index is 0.0656. The van der Waals surface area contributed by atoms with Crippen LogP contribution in [0.5, 0.6) is 0 Å². The van der Waals surface area contributed by atoms with Crippen LogP contribution < -0.4 is 5.32 Å². The molecule has 0 amide bonds. The molecule has 16 heavy (non-hydrogen) atoms. The molecular weight excluding hydrogens is 217 g/mol. The second-order valence-electron chi connectivity index (χ2n) is 4.56. The number of alkyl halides is 3. The van der Waals surface area contributed by atoms with Gasteiger partial charge in [0, 0.05) is 18.1 Å². The predicted octanol–water partition coefficient (Wildman–Crippen LogP) is 2.40. The molecule has 1 rings (SSSR count). The lowest BCUT2D eigenvalue weighted by Crippen LogP contribution is -2.51. The molecule has 0 aliphatic heterocycles. The molecule has 0 radical (unpaired) electrons. The Morgan fingerprint density at radius 1 is 1.38 bits per heavy atom. The van der Waals surface area contributed by atoms with E-state index in [1.807, 2.05) is 20.9 Å². The molecule has 1 saturated carbocycles. The second-order valence-corrected chi connectivity index (χ2v) is 4.56. The zero-order chi connectivity index (χ0) is 12.3. The summed E-state index contributed by atoms with van der Waals surface area (Å²) >= 11 is 0. The van der Waals surface area contributed by atoms with Gasteiger partial charge in [-0.1, -0.05) is 6.92 Å². The molecule has 2 nitrogen and oxygen atoms in total. The maximum Gasteiger partial charge on any atom is 0.401 e. The Morgan fingerprint density at radius 3 is 2.25 bits per heavy atom. The molecule has 0 aromatic heterocycles. The Bertz CT molecular complexity index is 210. The zero-order valence-electron chi connectivity index (χ0n) is 10.1. The van der Waals surface area contributed by atoms with Gasteiger partial charge in [0.25, 0.3) is 0 Å². The number of hydrogen-bond acceptors (Lipinski definition) is 2. The summed E-state index contributed by atoms with van der Waals surface area (Å²) in [4.78, 5) is 1.60. The standard InChI is InChI=1S/C11H21F3N2/c1-4-10(15-3)8(2)16(9-5-6-9)7-11(12,13)14/h8-10,15H,4-7H2,1-3H3. The van der Waals surface area contributed by atoms with Crippen molar-refractivity contribution in [2.75, 3.05) is 13.6 Å². The smallest absolute Gasteiger partial charge is 0.315 e. The third-order valence-electron chi connectivity index (χ3n) is 3.29. The van der Waals surface area contributed by atoms with Gasteiger partial charge in [0.05, 0.1) is 6.54 Å². The molecule has 2 unspecified atom stereocenters. The molecule has 0 saturated heterocycles. The number of nitrogens with one attached hydrogen (secondary N) is 1. The lowest BCUT2D eigenvalue weighted by Gasteiger charge is -2.35. The summed E-state index contributed by atoms with van der Waals surface area (Å²) in [5.74, 6) is 0. The summed E-state index contributed by atoms with van der Waals surface area (Å²) in [6.45, 7) is 3.10. The zero-order valence-corrected chi connectivity index (χ0v) is 10.1. The molecule has 1 N–H and O–H groups in total. The summed E-state index contributed by atoms with van der Waals surface area (Å²) in [6, 6.07) is 0.200. The first-order valence-corrected chi connectivity index (χ1v) is 5.88. The quantitative estimate of drug-likeness (QED) is 0.764. The van der Waals surface area contributed by atoms with E-state index in [2.05, 4.69) is 5.32 Å². The van der Waals surface area contributed by atoms with Crippen molar-refractivity contribution < 1.29 is 13.2 Å². The average molecular weight is 238 g/mol. The van der Waals surface area contributed by atoms with Crippen LogP contribution in [0.1, 0.15) is 33.1 Å². The van der Waals surface area contributed by atoms with Crippen LogP contribution in [0.3, 0.4) is 0 Å². The fourth-order valence-corrected chi connectivity index (χ4v) is 2.24. The Kier molecular flexibility index (Phi) is 4.62. The summed E-state index contributed by atoms with van der Waals surface area (Å²) in [6.07, 6.45) is -1.44. The molecule has 1 aliphatic rings. The average Bonchev–Trinajstić information content (AvgIpc) is 2.97. The lowest BCUT2D eigenvalue weighted by molar-refractivity contribution is -0.152. The Balaban J connectivity index is 2.61.